The largest absolute Gasteiger partial charge is 0.548 e. The molecule has 2 rings (SSSR count). The van der Waals surface area contributed by atoms with Crippen LogP contribution in [0.1, 0.15) is 17.9 Å². The molecule has 1 N–H and O–H groups in total. The number of benzene rings is 1. The van der Waals surface area contributed by atoms with E-state index < -0.39 is 17.4 Å². The number of thioether (sulfide) groups is 1. The van der Waals surface area contributed by atoms with E-state index in [0.717, 1.165) is 0 Å². The number of phenolic OH excluding ortho intramolecular Hbond substituents is 1. The summed E-state index contributed by atoms with van der Waals surface area (Å²) in [7, 11) is 1.42. The van der Waals surface area contributed by atoms with E-state index in [9.17, 15) is 19.8 Å². The molecule has 114 valence electrons. The highest BCUT2D eigenvalue weighted by atomic mass is 79.9. The molecule has 1 aliphatic heterocycles. The van der Waals surface area contributed by atoms with E-state index in [2.05, 4.69) is 15.9 Å². The van der Waals surface area contributed by atoms with Gasteiger partial charge in [-0.1, -0.05) is 0 Å². The summed E-state index contributed by atoms with van der Waals surface area (Å²) in [5.74, 6) is -1.16. The van der Waals surface area contributed by atoms with Gasteiger partial charge in [0.05, 0.1) is 23.6 Å². The van der Waals surface area contributed by atoms with Gasteiger partial charge in [-0.15, -0.1) is 11.8 Å². The highest BCUT2D eigenvalue weighted by Crippen LogP contribution is 2.45. The Morgan fingerprint density at radius 1 is 1.52 bits per heavy atom. The molecule has 1 fully saturated rings. The minimum Gasteiger partial charge on any atom is -0.548 e. The third-order valence-corrected chi connectivity index (χ3v) is 5.12. The maximum atomic E-state index is 11.8. The molecule has 1 aromatic rings. The normalized spacial score (nSPS) is 21.4. The average Bonchev–Trinajstić information content (AvgIpc) is 2.86. The van der Waals surface area contributed by atoms with Crippen LogP contribution in [0.25, 0.3) is 0 Å². The number of carbonyl (C=O) groups excluding carboxylic acids is 2. The predicted octanol–water partition coefficient (Wildman–Crippen LogP) is 0.876. The monoisotopic (exact) mass is 374 g/mol. The van der Waals surface area contributed by atoms with Gasteiger partial charge in [-0.25, -0.2) is 0 Å². The van der Waals surface area contributed by atoms with Crippen molar-refractivity contribution < 1.29 is 24.5 Å². The van der Waals surface area contributed by atoms with Gasteiger partial charge in [0.1, 0.15) is 5.37 Å². The van der Waals surface area contributed by atoms with Crippen LogP contribution in [-0.2, 0) is 9.59 Å². The molecule has 8 heteroatoms. The molecule has 0 unspecified atom stereocenters. The lowest BCUT2D eigenvalue weighted by Gasteiger charge is -2.29. The first kappa shape index (κ1) is 16.0. The molecule has 0 aromatic heterocycles. The Bertz CT molecular complexity index is 594. The van der Waals surface area contributed by atoms with E-state index in [0.29, 0.717) is 10.0 Å². The number of ether oxygens (including phenoxy) is 1. The van der Waals surface area contributed by atoms with Crippen LogP contribution in [0.5, 0.6) is 11.5 Å². The lowest BCUT2D eigenvalue weighted by atomic mass is 10.1. The van der Waals surface area contributed by atoms with Crippen molar-refractivity contribution in [3.63, 3.8) is 0 Å². The third kappa shape index (κ3) is 2.96. The van der Waals surface area contributed by atoms with Crippen molar-refractivity contribution in [2.75, 3.05) is 12.9 Å². The number of rotatable bonds is 3. The molecule has 0 bridgehead atoms. The van der Waals surface area contributed by atoms with Crippen LogP contribution in [-0.4, -0.2) is 40.8 Å². The topological polar surface area (TPSA) is 89.9 Å². The number of aromatic hydroxyl groups is 1. The Kier molecular flexibility index (Phi) is 4.67. The zero-order valence-corrected chi connectivity index (χ0v) is 13.7. The van der Waals surface area contributed by atoms with E-state index in [1.54, 1.807) is 12.1 Å². The van der Waals surface area contributed by atoms with Crippen molar-refractivity contribution in [2.45, 2.75) is 18.3 Å². The smallest absolute Gasteiger partial charge is 0.221 e. The Morgan fingerprint density at radius 3 is 2.71 bits per heavy atom. The maximum Gasteiger partial charge on any atom is 0.221 e. The Labute approximate surface area is 134 Å². The number of amides is 1. The third-order valence-electron chi connectivity index (χ3n) is 3.19. The number of nitrogens with zero attached hydrogens (tertiary/aromatic N) is 1. The number of aliphatic carboxylic acids is 1. The van der Waals surface area contributed by atoms with E-state index in [1.165, 1.54) is 30.7 Å². The quantitative estimate of drug-likeness (QED) is 0.844. The lowest BCUT2D eigenvalue weighted by Crippen LogP contribution is -2.48. The minimum atomic E-state index is -1.27. The van der Waals surface area contributed by atoms with E-state index in [4.69, 9.17) is 4.74 Å². The lowest BCUT2D eigenvalue weighted by molar-refractivity contribution is -0.310. The molecule has 1 heterocycles. The molecule has 2 atom stereocenters. The number of halogens is 1. The number of hydrogen-bond acceptors (Lipinski definition) is 6. The summed E-state index contributed by atoms with van der Waals surface area (Å²) in [6.07, 6.45) is 0. The summed E-state index contributed by atoms with van der Waals surface area (Å²) in [4.78, 5) is 24.2. The zero-order valence-electron chi connectivity index (χ0n) is 11.3. The van der Waals surface area contributed by atoms with Crippen molar-refractivity contribution in [2.24, 2.45) is 0 Å². The second-order valence-corrected chi connectivity index (χ2v) is 6.47. The summed E-state index contributed by atoms with van der Waals surface area (Å²) >= 11 is 4.54. The Balaban J connectivity index is 2.44. The van der Waals surface area contributed by atoms with Crippen LogP contribution in [0.15, 0.2) is 16.6 Å². The van der Waals surface area contributed by atoms with Gasteiger partial charge in [-0.3, -0.25) is 4.79 Å². The van der Waals surface area contributed by atoms with E-state index >= 15 is 0 Å². The average molecular weight is 375 g/mol. The summed E-state index contributed by atoms with van der Waals surface area (Å²) < 4.78 is 5.49. The molecular formula is C13H13BrNO5S-. The second-order valence-electron chi connectivity index (χ2n) is 4.50. The second kappa shape index (κ2) is 6.15. The Morgan fingerprint density at radius 2 is 2.19 bits per heavy atom. The molecule has 0 aliphatic carbocycles. The van der Waals surface area contributed by atoms with Gasteiger partial charge in [0, 0.05) is 12.7 Å². The summed E-state index contributed by atoms with van der Waals surface area (Å²) in [6, 6.07) is 2.27. The first-order valence-electron chi connectivity index (χ1n) is 6.04. The van der Waals surface area contributed by atoms with Crippen LogP contribution >= 0.6 is 27.7 Å². The molecule has 1 aromatic carbocycles. The molecule has 6 nitrogen and oxygen atoms in total. The van der Waals surface area contributed by atoms with Gasteiger partial charge in [0.25, 0.3) is 0 Å². The minimum absolute atomic E-state index is 0.0462. The number of carboxylic acids is 1. The molecule has 0 saturated carbocycles. The molecule has 21 heavy (non-hydrogen) atoms. The predicted molar refractivity (Wildman–Crippen MR) is 78.9 cm³/mol. The highest BCUT2D eigenvalue weighted by molar-refractivity contribution is 9.10. The summed E-state index contributed by atoms with van der Waals surface area (Å²) in [5, 5.41) is 20.5. The molecule has 1 saturated heterocycles. The Hall–Kier alpha value is -1.41. The van der Waals surface area contributed by atoms with Crippen LogP contribution in [0.3, 0.4) is 0 Å². The van der Waals surface area contributed by atoms with E-state index in [1.807, 2.05) is 0 Å². The van der Waals surface area contributed by atoms with Gasteiger partial charge in [0.2, 0.25) is 5.91 Å². The number of carboxylic acid groups (broad SMARTS) is 1. The fourth-order valence-corrected chi connectivity index (χ4v) is 4.13. The van der Waals surface area contributed by atoms with Crippen molar-refractivity contribution in [3.05, 3.63) is 22.2 Å². The van der Waals surface area contributed by atoms with Crippen LogP contribution in [0, 0.1) is 0 Å². The van der Waals surface area contributed by atoms with Crippen LogP contribution < -0.4 is 9.84 Å². The van der Waals surface area contributed by atoms with Crippen molar-refractivity contribution in [3.8, 4) is 11.5 Å². The number of methoxy groups -OCH3 is 1. The first-order chi connectivity index (χ1) is 9.86. The maximum absolute atomic E-state index is 11.8. The van der Waals surface area contributed by atoms with Crippen molar-refractivity contribution >= 4 is 39.6 Å². The summed E-state index contributed by atoms with van der Waals surface area (Å²) in [6.45, 7) is 1.32. The van der Waals surface area contributed by atoms with Gasteiger partial charge in [-0.2, -0.15) is 0 Å². The van der Waals surface area contributed by atoms with Crippen LogP contribution in [0.2, 0.25) is 0 Å². The zero-order chi connectivity index (χ0) is 15.7. The molecule has 0 radical (unpaired) electrons. The SMILES string of the molecule is COc1cc([C@@H]2SC[C@@H](C(=O)[O-])N2C(C)=O)cc(Br)c1O. The van der Waals surface area contributed by atoms with Crippen molar-refractivity contribution in [1.82, 2.24) is 4.90 Å². The van der Waals surface area contributed by atoms with Crippen molar-refractivity contribution in [1.29, 1.82) is 0 Å². The van der Waals surface area contributed by atoms with Crippen LogP contribution in [0.4, 0.5) is 0 Å². The standard InChI is InChI=1S/C13H14BrNO5S/c1-6(16)15-9(13(18)19)5-21-12(15)7-3-8(14)11(17)10(4-7)20-2/h3-4,9,12,17H,5H2,1-2H3,(H,18,19)/p-1/t9-,12-/m0/s1. The molecule has 1 aliphatic rings. The number of carbonyl (C=O) groups is 2. The van der Waals surface area contributed by atoms with Gasteiger partial charge in [-0.05, 0) is 33.6 Å². The molecule has 0 spiro atoms. The molecule has 1 amide bonds. The van der Waals surface area contributed by atoms with Gasteiger partial charge in [0.15, 0.2) is 11.5 Å². The van der Waals surface area contributed by atoms with Gasteiger partial charge >= 0.3 is 0 Å². The number of hydrogen-bond donors (Lipinski definition) is 1. The van der Waals surface area contributed by atoms with Gasteiger partial charge < -0.3 is 24.6 Å². The molecular weight excluding hydrogens is 362 g/mol. The summed E-state index contributed by atoms with van der Waals surface area (Å²) in [5.41, 5.74) is 0.667. The number of phenols is 1. The van der Waals surface area contributed by atoms with E-state index in [-0.39, 0.29) is 23.2 Å². The highest BCUT2D eigenvalue weighted by Gasteiger charge is 2.38. The first-order valence-corrected chi connectivity index (χ1v) is 7.88. The fraction of sp³-hybridized carbons (Fsp3) is 0.385. The fourth-order valence-electron chi connectivity index (χ4n) is 2.22.